The van der Waals surface area contributed by atoms with E-state index >= 15 is 0 Å². The van der Waals surface area contributed by atoms with Crippen molar-refractivity contribution in [1.82, 2.24) is 0 Å². The molecule has 0 aliphatic heterocycles. The van der Waals surface area contributed by atoms with Crippen molar-refractivity contribution >= 4 is 18.3 Å². The molecule has 0 radical (unpaired) electrons. The molecule has 0 spiro atoms. The van der Waals surface area contributed by atoms with Gasteiger partial charge in [-0.1, -0.05) is 40.5 Å². The van der Waals surface area contributed by atoms with Gasteiger partial charge in [-0.05, 0) is 23.6 Å². The molecular weight excluding hydrogens is 296 g/mol. The van der Waals surface area contributed by atoms with Crippen LogP contribution in [0.25, 0.3) is 0 Å². The molecule has 0 saturated carbocycles. The molecule has 1 atom stereocenters. The quantitative estimate of drug-likeness (QED) is 0.433. The van der Waals surface area contributed by atoms with Crippen LogP contribution in [0, 0.1) is 5.41 Å². The van der Waals surface area contributed by atoms with E-state index in [1.807, 2.05) is 27.7 Å². The first kappa shape index (κ1) is 19.4. The van der Waals surface area contributed by atoms with Crippen molar-refractivity contribution in [1.29, 1.82) is 0 Å². The molecule has 2 nitrogen and oxygen atoms in total. The van der Waals surface area contributed by atoms with Crippen LogP contribution in [0.1, 0.15) is 47.0 Å². The molecule has 0 amide bonds. The zero-order valence-electron chi connectivity index (χ0n) is 12.0. The minimum Gasteiger partial charge on any atom is -0.329 e. The summed E-state index contributed by atoms with van der Waals surface area (Å²) in [6, 6.07) is 0. The minimum absolute atomic E-state index is 0.173. The fourth-order valence-electron chi connectivity index (χ4n) is 1.28. The predicted octanol–water partition coefficient (Wildman–Crippen LogP) is 5.13. The van der Waals surface area contributed by atoms with Crippen molar-refractivity contribution in [2.45, 2.75) is 53.1 Å². The van der Waals surface area contributed by atoms with Crippen molar-refractivity contribution in [3.05, 3.63) is 0 Å². The van der Waals surface area contributed by atoms with Crippen LogP contribution >= 0.6 is 6.49 Å². The third-order valence-corrected chi connectivity index (χ3v) is 6.15. The van der Waals surface area contributed by atoms with Gasteiger partial charge in [0.05, 0.1) is 6.61 Å². The summed E-state index contributed by atoms with van der Waals surface area (Å²) in [6.45, 7) is 4.07. The molecular formula is C12H24F3O2PS. The predicted molar refractivity (Wildman–Crippen MR) is 76.1 cm³/mol. The lowest BCUT2D eigenvalue weighted by atomic mass is 9.93. The fraction of sp³-hybridized carbons (Fsp3) is 1.00. The van der Waals surface area contributed by atoms with E-state index in [0.29, 0.717) is 12.8 Å². The maximum Gasteiger partial charge on any atom is 0.412 e. The number of alkyl halides is 3. The van der Waals surface area contributed by atoms with E-state index < -0.39 is 19.3 Å². The zero-order valence-corrected chi connectivity index (χ0v) is 13.8. The van der Waals surface area contributed by atoms with Gasteiger partial charge in [0.25, 0.3) is 0 Å². The van der Waals surface area contributed by atoms with Gasteiger partial charge < -0.3 is 9.05 Å². The molecule has 0 bridgehead atoms. The maximum atomic E-state index is 12.3. The number of hydrogen-bond donors (Lipinski definition) is 0. The average Bonchev–Trinajstić information content (AvgIpc) is 2.26. The van der Waals surface area contributed by atoms with Crippen molar-refractivity contribution in [2.24, 2.45) is 5.41 Å². The van der Waals surface area contributed by atoms with E-state index in [-0.39, 0.29) is 5.41 Å². The Morgan fingerprint density at radius 1 is 1.11 bits per heavy atom. The summed E-state index contributed by atoms with van der Waals surface area (Å²) in [6.07, 6.45) is -1.50. The first-order valence-corrected chi connectivity index (χ1v) is 9.31. The van der Waals surface area contributed by atoms with E-state index in [9.17, 15) is 13.2 Å². The standard InChI is InChI=1S/C12H24F3O2PS/c1-5-7-8-16-18(19,10-11(3,4)6-2)17-9-12(13,14)15/h5-10H2,1-4H3. The Labute approximate surface area is 119 Å². The summed E-state index contributed by atoms with van der Waals surface area (Å²) >= 11 is 5.26. The van der Waals surface area contributed by atoms with Crippen molar-refractivity contribution in [3.63, 3.8) is 0 Å². The van der Waals surface area contributed by atoms with Crippen molar-refractivity contribution < 1.29 is 22.2 Å². The van der Waals surface area contributed by atoms with Gasteiger partial charge >= 0.3 is 6.18 Å². The van der Waals surface area contributed by atoms with E-state index in [0.717, 1.165) is 19.3 Å². The Morgan fingerprint density at radius 3 is 2.11 bits per heavy atom. The number of hydrogen-bond acceptors (Lipinski definition) is 3. The molecule has 19 heavy (non-hydrogen) atoms. The Kier molecular flexibility index (Phi) is 8.11. The molecule has 0 heterocycles. The first-order chi connectivity index (χ1) is 8.54. The normalized spacial score (nSPS) is 16.4. The number of unbranched alkanes of at least 4 members (excludes halogenated alkanes) is 1. The summed E-state index contributed by atoms with van der Waals surface area (Å²) in [5, 5.41) is 0. The molecule has 116 valence electrons. The summed E-state index contributed by atoms with van der Waals surface area (Å²) in [5.41, 5.74) is -0.173. The van der Waals surface area contributed by atoms with Gasteiger partial charge in [-0.25, -0.2) is 0 Å². The summed E-state index contributed by atoms with van der Waals surface area (Å²) in [5.74, 6) is 0. The molecule has 0 rings (SSSR count). The zero-order chi connectivity index (χ0) is 15.2. The van der Waals surface area contributed by atoms with Crippen LogP contribution in [-0.4, -0.2) is 25.6 Å². The minimum atomic E-state index is -4.37. The second-order valence-electron chi connectivity index (χ2n) is 5.36. The third-order valence-electron chi connectivity index (χ3n) is 2.79. The van der Waals surface area contributed by atoms with Crippen molar-refractivity contribution in [3.8, 4) is 0 Å². The lowest BCUT2D eigenvalue weighted by molar-refractivity contribution is -0.154. The Morgan fingerprint density at radius 2 is 1.68 bits per heavy atom. The van der Waals surface area contributed by atoms with Crippen LogP contribution in [-0.2, 0) is 20.9 Å². The van der Waals surface area contributed by atoms with Gasteiger partial charge in [0, 0.05) is 6.16 Å². The maximum absolute atomic E-state index is 12.3. The molecule has 0 aromatic carbocycles. The van der Waals surface area contributed by atoms with E-state index in [1.165, 1.54) is 0 Å². The molecule has 0 aliphatic carbocycles. The third kappa shape index (κ3) is 9.83. The second kappa shape index (κ2) is 7.96. The Bertz CT molecular complexity index is 306. The monoisotopic (exact) mass is 320 g/mol. The van der Waals surface area contributed by atoms with Crippen LogP contribution in [0.2, 0.25) is 0 Å². The van der Waals surface area contributed by atoms with Gasteiger partial charge in [0.15, 0.2) is 6.49 Å². The molecule has 0 fully saturated rings. The largest absolute Gasteiger partial charge is 0.412 e. The molecule has 7 heteroatoms. The van der Waals surface area contributed by atoms with Crippen LogP contribution in [0.15, 0.2) is 0 Å². The Balaban J connectivity index is 4.67. The number of rotatable bonds is 9. The average molecular weight is 320 g/mol. The highest BCUT2D eigenvalue weighted by molar-refractivity contribution is 8.09. The first-order valence-electron chi connectivity index (χ1n) is 6.48. The summed E-state index contributed by atoms with van der Waals surface area (Å²) in [4.78, 5) is 0. The van der Waals surface area contributed by atoms with Gasteiger partial charge in [-0.2, -0.15) is 13.2 Å². The number of halogens is 3. The van der Waals surface area contributed by atoms with Gasteiger partial charge in [-0.3, -0.25) is 0 Å². The van der Waals surface area contributed by atoms with Crippen molar-refractivity contribution in [2.75, 3.05) is 19.4 Å². The highest BCUT2D eigenvalue weighted by atomic mass is 32.5. The molecule has 0 aromatic rings. The van der Waals surface area contributed by atoms with Gasteiger partial charge in [0.1, 0.15) is 6.61 Å². The highest BCUT2D eigenvalue weighted by Crippen LogP contribution is 2.54. The molecule has 0 aliphatic rings. The van der Waals surface area contributed by atoms with Gasteiger partial charge in [-0.15, -0.1) is 0 Å². The lowest BCUT2D eigenvalue weighted by Crippen LogP contribution is -2.22. The lowest BCUT2D eigenvalue weighted by Gasteiger charge is -2.31. The van der Waals surface area contributed by atoms with E-state index in [1.54, 1.807) is 0 Å². The highest BCUT2D eigenvalue weighted by Gasteiger charge is 2.35. The molecule has 1 unspecified atom stereocenters. The topological polar surface area (TPSA) is 18.5 Å². The van der Waals surface area contributed by atoms with Crippen LogP contribution in [0.3, 0.4) is 0 Å². The SMILES string of the molecule is CCCCOP(=S)(CC(C)(C)CC)OCC(F)(F)F. The molecule has 0 saturated heterocycles. The van der Waals surface area contributed by atoms with Crippen LogP contribution in [0.5, 0.6) is 0 Å². The smallest absolute Gasteiger partial charge is 0.329 e. The fourth-order valence-corrected chi connectivity index (χ4v) is 4.99. The Hall–Kier alpha value is 0.360. The summed E-state index contributed by atoms with van der Waals surface area (Å²) in [7, 11) is 0. The van der Waals surface area contributed by atoms with E-state index in [4.69, 9.17) is 20.9 Å². The van der Waals surface area contributed by atoms with Gasteiger partial charge in [0.2, 0.25) is 0 Å². The second-order valence-corrected chi connectivity index (χ2v) is 9.09. The molecule has 0 N–H and O–H groups in total. The summed E-state index contributed by atoms with van der Waals surface area (Å²) < 4.78 is 47.3. The van der Waals surface area contributed by atoms with Crippen LogP contribution < -0.4 is 0 Å². The van der Waals surface area contributed by atoms with E-state index in [2.05, 4.69) is 0 Å². The van der Waals surface area contributed by atoms with Crippen LogP contribution in [0.4, 0.5) is 13.2 Å². The molecule has 0 aromatic heterocycles.